The maximum atomic E-state index is 4.25. The second kappa shape index (κ2) is 3.77. The van der Waals surface area contributed by atoms with Crippen LogP contribution in [-0.4, -0.2) is 26.2 Å². The van der Waals surface area contributed by atoms with E-state index in [1.165, 1.54) is 38.5 Å². The van der Waals surface area contributed by atoms with Crippen molar-refractivity contribution >= 4 is 0 Å². The Hall–Kier alpha value is -0.970. The predicted octanol–water partition coefficient (Wildman–Crippen LogP) is 1.29. The van der Waals surface area contributed by atoms with Crippen molar-refractivity contribution < 1.29 is 0 Å². The summed E-state index contributed by atoms with van der Waals surface area (Å²) in [5.74, 6) is 2.75. The van der Waals surface area contributed by atoms with Crippen LogP contribution in [0.5, 0.6) is 0 Å². The lowest BCUT2D eigenvalue weighted by Gasteiger charge is -2.17. The minimum atomic E-state index is 0.598. The molecular weight excluding hydrogens is 214 g/mol. The van der Waals surface area contributed by atoms with Gasteiger partial charge in [-0.25, -0.2) is 4.68 Å². The average molecular weight is 233 g/mol. The first kappa shape index (κ1) is 10.00. The molecule has 1 heterocycles. The third kappa shape index (κ3) is 2.08. The Bertz CT molecular complexity index is 391. The van der Waals surface area contributed by atoms with Gasteiger partial charge in [0.15, 0.2) is 5.82 Å². The molecule has 0 radical (unpaired) electrons. The van der Waals surface area contributed by atoms with Crippen LogP contribution in [0.2, 0.25) is 0 Å². The Morgan fingerprint density at radius 2 is 1.82 bits per heavy atom. The average Bonchev–Trinajstić information content (AvgIpc) is 3.19. The molecule has 4 rings (SSSR count). The van der Waals surface area contributed by atoms with Crippen molar-refractivity contribution in [1.82, 2.24) is 25.5 Å². The first-order valence-corrected chi connectivity index (χ1v) is 6.92. The second-order valence-electron chi connectivity index (χ2n) is 5.86. The van der Waals surface area contributed by atoms with Gasteiger partial charge < -0.3 is 5.32 Å². The van der Waals surface area contributed by atoms with Gasteiger partial charge in [-0.15, -0.1) is 5.10 Å². The highest BCUT2D eigenvalue weighted by atomic mass is 15.6. The third-order valence-electron chi connectivity index (χ3n) is 4.18. The van der Waals surface area contributed by atoms with Crippen LogP contribution in [0, 0.1) is 11.8 Å². The fourth-order valence-corrected chi connectivity index (χ4v) is 2.74. The molecule has 0 amide bonds. The van der Waals surface area contributed by atoms with Crippen molar-refractivity contribution in [3.63, 3.8) is 0 Å². The number of nitrogens with one attached hydrogen (secondary N) is 1. The lowest BCUT2D eigenvalue weighted by molar-refractivity contribution is 0.340. The highest BCUT2D eigenvalue weighted by Crippen LogP contribution is 2.51. The Morgan fingerprint density at radius 3 is 2.41 bits per heavy atom. The van der Waals surface area contributed by atoms with E-state index in [2.05, 4.69) is 25.5 Å². The number of hydrogen-bond donors (Lipinski definition) is 1. The van der Waals surface area contributed by atoms with Gasteiger partial charge in [-0.2, -0.15) is 0 Å². The summed E-state index contributed by atoms with van der Waals surface area (Å²) in [6.07, 6.45) is 8.12. The number of hydrogen-bond acceptors (Lipinski definition) is 4. The van der Waals surface area contributed by atoms with E-state index in [-0.39, 0.29) is 0 Å². The van der Waals surface area contributed by atoms with Gasteiger partial charge in [-0.05, 0) is 60.8 Å². The van der Waals surface area contributed by atoms with Crippen LogP contribution in [0.4, 0.5) is 0 Å². The van der Waals surface area contributed by atoms with E-state index in [1.54, 1.807) is 0 Å². The summed E-state index contributed by atoms with van der Waals surface area (Å²) in [4.78, 5) is 0. The van der Waals surface area contributed by atoms with Crippen molar-refractivity contribution in [2.24, 2.45) is 11.8 Å². The predicted molar refractivity (Wildman–Crippen MR) is 62.2 cm³/mol. The fraction of sp³-hybridized carbons (Fsp3) is 0.917. The SMILES string of the molecule is C(NC1CC1)c1nnnn1C(C1CC1)C1CC1. The fourth-order valence-electron chi connectivity index (χ4n) is 2.74. The van der Waals surface area contributed by atoms with E-state index in [4.69, 9.17) is 0 Å². The molecule has 0 aromatic carbocycles. The zero-order valence-corrected chi connectivity index (χ0v) is 10.0. The molecule has 0 atom stereocenters. The lowest BCUT2D eigenvalue weighted by atomic mass is 10.1. The van der Waals surface area contributed by atoms with Crippen molar-refractivity contribution in [3.05, 3.63) is 5.82 Å². The second-order valence-corrected chi connectivity index (χ2v) is 5.86. The minimum absolute atomic E-state index is 0.598. The zero-order chi connectivity index (χ0) is 11.2. The molecule has 5 heteroatoms. The Balaban J connectivity index is 1.51. The first-order chi connectivity index (χ1) is 8.42. The Morgan fingerprint density at radius 1 is 1.12 bits per heavy atom. The van der Waals surface area contributed by atoms with Crippen LogP contribution in [0.25, 0.3) is 0 Å². The minimum Gasteiger partial charge on any atom is -0.307 e. The van der Waals surface area contributed by atoms with E-state index in [9.17, 15) is 0 Å². The molecule has 0 unspecified atom stereocenters. The van der Waals surface area contributed by atoms with Gasteiger partial charge in [-0.1, -0.05) is 0 Å². The first-order valence-electron chi connectivity index (χ1n) is 6.92. The van der Waals surface area contributed by atoms with Gasteiger partial charge in [-0.3, -0.25) is 0 Å². The summed E-state index contributed by atoms with van der Waals surface area (Å²) in [6, 6.07) is 1.32. The maximum absolute atomic E-state index is 4.25. The van der Waals surface area contributed by atoms with Crippen molar-refractivity contribution in [2.45, 2.75) is 57.2 Å². The van der Waals surface area contributed by atoms with Crippen LogP contribution in [0.1, 0.15) is 50.4 Å². The molecule has 1 aromatic rings. The molecule has 0 spiro atoms. The van der Waals surface area contributed by atoms with Crippen molar-refractivity contribution in [1.29, 1.82) is 0 Å². The summed E-state index contributed by atoms with van der Waals surface area (Å²) < 4.78 is 2.13. The van der Waals surface area contributed by atoms with E-state index >= 15 is 0 Å². The number of nitrogens with zero attached hydrogens (tertiary/aromatic N) is 4. The molecule has 5 nitrogen and oxygen atoms in total. The molecule has 1 N–H and O–H groups in total. The third-order valence-corrected chi connectivity index (χ3v) is 4.18. The zero-order valence-electron chi connectivity index (χ0n) is 10.0. The molecule has 3 aliphatic carbocycles. The molecule has 1 aromatic heterocycles. The van der Waals surface area contributed by atoms with Crippen LogP contribution in [-0.2, 0) is 6.54 Å². The smallest absolute Gasteiger partial charge is 0.165 e. The van der Waals surface area contributed by atoms with Gasteiger partial charge >= 0.3 is 0 Å². The molecular formula is C12H19N5. The number of aromatic nitrogens is 4. The summed E-state index contributed by atoms with van der Waals surface area (Å²) in [5.41, 5.74) is 0. The molecule has 3 fully saturated rings. The molecule has 3 saturated carbocycles. The number of rotatable bonds is 6. The highest BCUT2D eigenvalue weighted by molar-refractivity contribution is 4.98. The van der Waals surface area contributed by atoms with Gasteiger partial charge in [0.2, 0.25) is 0 Å². The van der Waals surface area contributed by atoms with Crippen LogP contribution >= 0.6 is 0 Å². The van der Waals surface area contributed by atoms with Gasteiger partial charge in [0.05, 0.1) is 12.6 Å². The van der Waals surface area contributed by atoms with Gasteiger partial charge in [0.1, 0.15) is 0 Å². The molecule has 0 aliphatic heterocycles. The topological polar surface area (TPSA) is 55.6 Å². The van der Waals surface area contributed by atoms with Gasteiger partial charge in [0.25, 0.3) is 0 Å². The molecule has 17 heavy (non-hydrogen) atoms. The monoisotopic (exact) mass is 233 g/mol. The normalized spacial score (nSPS) is 24.5. The standard InChI is InChI=1S/C12H19N5/c1-2-8(1)12(9-3-4-9)17-11(14-15-16-17)7-13-10-5-6-10/h8-10,12-13H,1-7H2. The van der Waals surface area contributed by atoms with Crippen molar-refractivity contribution in [2.75, 3.05) is 0 Å². The molecule has 3 aliphatic rings. The largest absolute Gasteiger partial charge is 0.307 e. The summed E-state index contributed by atoms with van der Waals surface area (Å²) in [5, 5.41) is 15.8. The van der Waals surface area contributed by atoms with Crippen LogP contribution in [0.15, 0.2) is 0 Å². The van der Waals surface area contributed by atoms with Gasteiger partial charge in [0, 0.05) is 6.04 Å². The summed E-state index contributed by atoms with van der Waals surface area (Å²) in [6.45, 7) is 0.841. The highest BCUT2D eigenvalue weighted by Gasteiger charge is 2.44. The molecule has 0 bridgehead atoms. The van der Waals surface area contributed by atoms with E-state index in [0.717, 1.165) is 30.2 Å². The number of tetrazole rings is 1. The van der Waals surface area contributed by atoms with Crippen LogP contribution in [0.3, 0.4) is 0 Å². The lowest BCUT2D eigenvalue weighted by Crippen LogP contribution is -2.23. The van der Waals surface area contributed by atoms with E-state index in [1.807, 2.05) is 0 Å². The quantitative estimate of drug-likeness (QED) is 0.804. The molecule has 0 saturated heterocycles. The van der Waals surface area contributed by atoms with E-state index < -0.39 is 0 Å². The Labute approximate surface area is 101 Å². The van der Waals surface area contributed by atoms with Crippen molar-refractivity contribution in [3.8, 4) is 0 Å². The molecule has 92 valence electrons. The van der Waals surface area contributed by atoms with E-state index in [0.29, 0.717) is 6.04 Å². The maximum Gasteiger partial charge on any atom is 0.165 e. The summed E-state index contributed by atoms with van der Waals surface area (Å²) >= 11 is 0. The Kier molecular flexibility index (Phi) is 2.21. The van der Waals surface area contributed by atoms with Crippen LogP contribution < -0.4 is 5.32 Å². The summed E-state index contributed by atoms with van der Waals surface area (Å²) in [7, 11) is 0.